The van der Waals surface area contributed by atoms with Crippen LogP contribution in [0.3, 0.4) is 0 Å². The first kappa shape index (κ1) is 56.0. The second-order valence-electron chi connectivity index (χ2n) is 16.8. The number of halogens is 24. The predicted molar refractivity (Wildman–Crippen MR) is 223 cm³/mol. The van der Waals surface area contributed by atoms with E-state index in [0.29, 0.717) is 6.07 Å². The van der Waals surface area contributed by atoms with Gasteiger partial charge in [-0.25, -0.2) is 0 Å². The minimum Gasteiger partial charge on any atom is -0.457 e. The molecule has 1 aliphatic rings. The zero-order valence-corrected chi connectivity index (χ0v) is 38.1. The Hall–Kier alpha value is -5.70. The normalized spacial score (nSPS) is 14.8. The summed E-state index contributed by atoms with van der Waals surface area (Å²) in [5.41, 5.74) is -21.1. The van der Waals surface area contributed by atoms with E-state index in [9.17, 15) is 105 Å². The molecule has 1 aliphatic heterocycles. The van der Waals surface area contributed by atoms with Crippen molar-refractivity contribution in [3.63, 3.8) is 0 Å². The molecule has 0 unspecified atom stereocenters. The maximum absolute atomic E-state index is 14.8. The first-order valence-corrected chi connectivity index (χ1v) is 22.9. The third-order valence-corrected chi connectivity index (χ3v) is 16.4. The van der Waals surface area contributed by atoms with Crippen molar-refractivity contribution < 1.29 is 110 Å². The summed E-state index contributed by atoms with van der Waals surface area (Å²) in [5, 5.41) is -8.28. The molecule has 74 heavy (non-hydrogen) atoms. The fourth-order valence-electron chi connectivity index (χ4n) is 8.09. The number of ether oxygens (including phenoxy) is 1. The monoisotopic (exact) mass is 1120 g/mol. The molecule has 0 N–H and O–H groups in total. The Bertz CT molecular complexity index is 2850. The van der Waals surface area contributed by atoms with Crippen LogP contribution in [0.5, 0.6) is 11.5 Å². The van der Waals surface area contributed by atoms with Crippen LogP contribution < -0.4 is 36.6 Å². The standard InChI is InChI=1S/C47H24F24OP2/c1-39(2)33-5-3-4-6-34(33)72-35-7-8-36(73(29-13-21(40(48,49)50)9-22(14-29)41(51,52)53)30-15-23(42(54,55)56)10-24(16-30)43(57,58)59)38(37(35)39)74(31-17-25(44(60,61)62)11-26(18-31)45(63,64)65)32-19-27(46(66,67)68)12-28(20-32)47(69,70)71/h3-20H,1-2H3. The van der Waals surface area contributed by atoms with Crippen molar-refractivity contribution in [3.8, 4) is 11.5 Å². The van der Waals surface area contributed by atoms with Gasteiger partial charge in [0.1, 0.15) is 11.5 Å². The summed E-state index contributed by atoms with van der Waals surface area (Å²) in [4.78, 5) is 0. The van der Waals surface area contributed by atoms with E-state index in [1.165, 1.54) is 24.3 Å². The summed E-state index contributed by atoms with van der Waals surface area (Å²) in [6.07, 6.45) is -46.9. The van der Waals surface area contributed by atoms with Gasteiger partial charge in [0, 0.05) is 21.8 Å². The molecule has 0 saturated carbocycles. The molecule has 0 aliphatic carbocycles. The molecule has 0 saturated heterocycles. The van der Waals surface area contributed by atoms with Gasteiger partial charge in [0.05, 0.1) is 44.5 Å². The third kappa shape index (κ3) is 11.3. The lowest BCUT2D eigenvalue weighted by Crippen LogP contribution is -2.42. The lowest BCUT2D eigenvalue weighted by molar-refractivity contribution is -0.144. The number of hydrogen-bond donors (Lipinski definition) is 0. The Kier molecular flexibility index (Phi) is 13.8. The van der Waals surface area contributed by atoms with Crippen LogP contribution in [0.15, 0.2) is 109 Å². The summed E-state index contributed by atoms with van der Waals surface area (Å²) in [7, 11) is -8.28. The maximum atomic E-state index is 14.8. The lowest BCUT2D eigenvalue weighted by atomic mass is 9.76. The van der Waals surface area contributed by atoms with Crippen LogP contribution in [0, 0.1) is 0 Å². The lowest BCUT2D eigenvalue weighted by Gasteiger charge is -2.40. The molecular formula is C47H24F24OP2. The number of rotatable bonds is 6. The molecule has 0 radical (unpaired) electrons. The van der Waals surface area contributed by atoms with Gasteiger partial charge < -0.3 is 4.74 Å². The topological polar surface area (TPSA) is 9.23 Å². The van der Waals surface area contributed by atoms with E-state index >= 15 is 0 Å². The van der Waals surface area contributed by atoms with Gasteiger partial charge in [-0.2, -0.15) is 105 Å². The molecule has 0 aromatic heterocycles. The molecule has 27 heteroatoms. The second-order valence-corrected chi connectivity index (χ2v) is 21.1. The Morgan fingerprint density at radius 1 is 0.324 bits per heavy atom. The molecule has 0 atom stereocenters. The van der Waals surface area contributed by atoms with Crippen molar-refractivity contribution in [2.24, 2.45) is 0 Å². The van der Waals surface area contributed by atoms with Gasteiger partial charge in [-0.1, -0.05) is 32.0 Å². The van der Waals surface area contributed by atoms with Gasteiger partial charge in [-0.15, -0.1) is 0 Å². The van der Waals surface area contributed by atoms with Gasteiger partial charge >= 0.3 is 49.4 Å². The van der Waals surface area contributed by atoms with E-state index < -0.39 is 183 Å². The van der Waals surface area contributed by atoms with Crippen LogP contribution >= 0.6 is 15.8 Å². The van der Waals surface area contributed by atoms with Crippen molar-refractivity contribution >= 4 is 47.7 Å². The van der Waals surface area contributed by atoms with Gasteiger partial charge in [-0.3, -0.25) is 0 Å². The molecule has 396 valence electrons. The van der Waals surface area contributed by atoms with Gasteiger partial charge in [0.25, 0.3) is 0 Å². The zero-order valence-electron chi connectivity index (χ0n) is 36.3. The van der Waals surface area contributed by atoms with Crippen LogP contribution in [-0.4, -0.2) is 0 Å². The largest absolute Gasteiger partial charge is 0.457 e. The van der Waals surface area contributed by atoms with E-state index in [0.717, 1.165) is 19.9 Å². The molecule has 7 rings (SSSR count). The van der Waals surface area contributed by atoms with Crippen LogP contribution in [0.2, 0.25) is 0 Å². The summed E-state index contributed by atoms with van der Waals surface area (Å²) >= 11 is 0. The third-order valence-electron chi connectivity index (χ3n) is 11.3. The zero-order chi connectivity index (χ0) is 55.5. The molecule has 6 aromatic carbocycles. The summed E-state index contributed by atoms with van der Waals surface area (Å²) in [6.45, 7) is 2.32. The average molecular weight is 1120 g/mol. The molecule has 1 heterocycles. The smallest absolute Gasteiger partial charge is 0.416 e. The molecule has 0 fully saturated rings. The molecule has 0 bridgehead atoms. The second kappa shape index (κ2) is 18.3. The quantitative estimate of drug-likeness (QED) is 0.119. The van der Waals surface area contributed by atoms with Crippen molar-refractivity contribution in [2.75, 3.05) is 0 Å². The Morgan fingerprint density at radius 3 is 0.878 bits per heavy atom. The van der Waals surface area contributed by atoms with Crippen molar-refractivity contribution in [3.05, 3.63) is 165 Å². The molecule has 0 amide bonds. The minimum atomic E-state index is -5.87. The molecule has 0 spiro atoms. The van der Waals surface area contributed by atoms with Crippen LogP contribution in [0.1, 0.15) is 69.5 Å². The number of alkyl halides is 24. The van der Waals surface area contributed by atoms with Crippen molar-refractivity contribution in [1.29, 1.82) is 0 Å². The molecular weight excluding hydrogens is 1100 g/mol. The van der Waals surface area contributed by atoms with E-state index in [4.69, 9.17) is 4.74 Å². The first-order chi connectivity index (χ1) is 33.5. The van der Waals surface area contributed by atoms with E-state index in [-0.39, 0.29) is 59.8 Å². The number of benzene rings is 6. The average Bonchev–Trinajstić information content (AvgIpc) is 3.24. The van der Waals surface area contributed by atoms with Crippen LogP contribution in [-0.2, 0) is 54.8 Å². The highest BCUT2D eigenvalue weighted by Crippen LogP contribution is 2.54. The van der Waals surface area contributed by atoms with Gasteiger partial charge in [0.15, 0.2) is 0 Å². The summed E-state index contributed by atoms with van der Waals surface area (Å²) in [5.74, 6) is -0.784. The Morgan fingerprint density at radius 2 is 0.595 bits per heavy atom. The molecule has 6 aromatic rings. The van der Waals surface area contributed by atoms with E-state index in [2.05, 4.69) is 0 Å². The number of para-hydroxylation sites is 1. The number of hydrogen-bond acceptors (Lipinski definition) is 1. The van der Waals surface area contributed by atoms with Gasteiger partial charge in [-0.05, 0) is 133 Å². The van der Waals surface area contributed by atoms with E-state index in [1.54, 1.807) is 0 Å². The molecule has 1 nitrogen and oxygen atoms in total. The SMILES string of the molecule is CC1(C)c2ccccc2Oc2ccc(P(c3cc(C(F)(F)F)cc(C(F)(F)F)c3)c3cc(C(F)(F)F)cc(C(F)(F)F)c3)c(P(c3cc(C(F)(F)F)cc(C(F)(F)F)c3)c3cc(C(F)(F)F)cc(C(F)(F)F)c3)c21. The Balaban J connectivity index is 1.84. The first-order valence-electron chi connectivity index (χ1n) is 20.2. The van der Waals surface area contributed by atoms with Crippen LogP contribution in [0.25, 0.3) is 0 Å². The number of fused-ring (bicyclic) bond motifs is 2. The van der Waals surface area contributed by atoms with Crippen molar-refractivity contribution in [1.82, 2.24) is 0 Å². The fourth-order valence-corrected chi connectivity index (χ4v) is 14.0. The highest BCUT2D eigenvalue weighted by molar-refractivity contribution is 7.85. The van der Waals surface area contributed by atoms with Gasteiger partial charge in [0.2, 0.25) is 0 Å². The highest BCUT2D eigenvalue weighted by atomic mass is 31.1. The maximum Gasteiger partial charge on any atom is 0.416 e. The summed E-state index contributed by atoms with van der Waals surface area (Å²) in [6, 6.07) is 2.92. The minimum absolute atomic E-state index is 0.0814. The fraction of sp³-hybridized carbons (Fsp3) is 0.234. The predicted octanol–water partition coefficient (Wildman–Crippen LogP) is 15.8. The Labute approximate surface area is 402 Å². The van der Waals surface area contributed by atoms with E-state index in [1.807, 2.05) is 0 Å². The van der Waals surface area contributed by atoms with Crippen LogP contribution in [0.4, 0.5) is 105 Å². The summed E-state index contributed by atoms with van der Waals surface area (Å²) < 4.78 is 359. The van der Waals surface area contributed by atoms with Crippen molar-refractivity contribution in [2.45, 2.75) is 68.7 Å². The highest BCUT2D eigenvalue weighted by Gasteiger charge is 2.47.